The highest BCUT2D eigenvalue weighted by molar-refractivity contribution is 5.88. The molecule has 0 spiro atoms. The minimum Gasteiger partial charge on any atom is -0.394 e. The quantitative estimate of drug-likeness (QED) is 0.574. The zero-order valence-electron chi connectivity index (χ0n) is 15.6. The Morgan fingerprint density at radius 3 is 2.62 bits per heavy atom. The average molecular weight is 353 g/mol. The van der Waals surface area contributed by atoms with Crippen LogP contribution in [-0.2, 0) is 6.54 Å². The Morgan fingerprint density at radius 2 is 1.96 bits per heavy atom. The highest BCUT2D eigenvalue weighted by atomic mass is 16.3. The zero-order chi connectivity index (χ0) is 18.5. The maximum Gasteiger partial charge on any atom is 0.156 e. The second-order valence-corrected chi connectivity index (χ2v) is 6.74. The first-order valence-corrected chi connectivity index (χ1v) is 9.15. The van der Waals surface area contributed by atoms with Gasteiger partial charge in [0.1, 0.15) is 11.3 Å². The van der Waals surface area contributed by atoms with Crippen molar-refractivity contribution in [3.05, 3.63) is 48.3 Å². The van der Waals surface area contributed by atoms with Crippen molar-refractivity contribution in [2.45, 2.75) is 45.8 Å². The van der Waals surface area contributed by atoms with Gasteiger partial charge in [0, 0.05) is 18.7 Å². The number of pyridine rings is 1. The van der Waals surface area contributed by atoms with Crippen LogP contribution in [0.5, 0.6) is 0 Å². The lowest BCUT2D eigenvalue weighted by atomic mass is 10.2. The Bertz CT molecular complexity index is 840. The predicted molar refractivity (Wildman–Crippen MR) is 106 cm³/mol. The monoisotopic (exact) mass is 353 g/mol. The third-order valence-corrected chi connectivity index (χ3v) is 4.49. The molecule has 0 aliphatic rings. The normalized spacial score (nSPS) is 12.5. The largest absolute Gasteiger partial charge is 0.394 e. The van der Waals surface area contributed by atoms with Crippen molar-refractivity contribution in [3.8, 4) is 0 Å². The molecule has 2 aromatic heterocycles. The van der Waals surface area contributed by atoms with Gasteiger partial charge in [-0.15, -0.1) is 0 Å². The number of hydrogen-bond donors (Lipinski definition) is 3. The van der Waals surface area contributed by atoms with Crippen LogP contribution in [0.15, 0.2) is 42.7 Å². The summed E-state index contributed by atoms with van der Waals surface area (Å²) in [6.07, 6.45) is 2.68. The summed E-state index contributed by atoms with van der Waals surface area (Å²) >= 11 is 0. The molecule has 6 heteroatoms. The van der Waals surface area contributed by atoms with Crippen molar-refractivity contribution in [2.24, 2.45) is 0 Å². The summed E-state index contributed by atoms with van der Waals surface area (Å²) in [5.74, 6) is 1.50. The molecule has 0 saturated carbocycles. The molecule has 0 aliphatic carbocycles. The minimum absolute atomic E-state index is 0.0163. The summed E-state index contributed by atoms with van der Waals surface area (Å²) in [6, 6.07) is 12.5. The SMILES string of the molecule is CC[C@H](CO)Nc1cc2c(ncn2C(C)C)c(NCc2ccccc2)n1. The number of rotatable bonds is 8. The Kier molecular flexibility index (Phi) is 5.73. The highest BCUT2D eigenvalue weighted by Crippen LogP contribution is 2.27. The standard InChI is InChI=1S/C20H27N5O/c1-4-16(12-26)23-18-10-17-19(22-13-25(17)14(2)3)20(24-18)21-11-15-8-6-5-7-9-15/h5-10,13-14,16,26H,4,11-12H2,1-3H3,(H2,21,23,24)/t16-/m1/s1. The molecule has 0 unspecified atom stereocenters. The third-order valence-electron chi connectivity index (χ3n) is 4.49. The number of imidazole rings is 1. The van der Waals surface area contributed by atoms with Crippen LogP contribution < -0.4 is 10.6 Å². The molecule has 0 saturated heterocycles. The van der Waals surface area contributed by atoms with Crippen LogP contribution in [0.4, 0.5) is 11.6 Å². The molecule has 6 nitrogen and oxygen atoms in total. The second-order valence-electron chi connectivity index (χ2n) is 6.74. The molecule has 0 radical (unpaired) electrons. The lowest BCUT2D eigenvalue weighted by Gasteiger charge is -2.17. The van der Waals surface area contributed by atoms with Crippen LogP contribution in [0.2, 0.25) is 0 Å². The lowest BCUT2D eigenvalue weighted by molar-refractivity contribution is 0.271. The minimum atomic E-state index is -0.0163. The molecule has 2 heterocycles. The van der Waals surface area contributed by atoms with Crippen LogP contribution >= 0.6 is 0 Å². The topological polar surface area (TPSA) is 75.0 Å². The van der Waals surface area contributed by atoms with Gasteiger partial charge < -0.3 is 20.3 Å². The molecule has 1 atom stereocenters. The van der Waals surface area contributed by atoms with Crippen LogP contribution in [0, 0.1) is 0 Å². The summed E-state index contributed by atoms with van der Waals surface area (Å²) in [6.45, 7) is 7.06. The summed E-state index contributed by atoms with van der Waals surface area (Å²) < 4.78 is 2.13. The van der Waals surface area contributed by atoms with Crippen molar-refractivity contribution in [1.29, 1.82) is 0 Å². The molecule has 0 bridgehead atoms. The summed E-state index contributed by atoms with van der Waals surface area (Å²) in [4.78, 5) is 9.29. The second kappa shape index (κ2) is 8.19. The van der Waals surface area contributed by atoms with Crippen molar-refractivity contribution in [2.75, 3.05) is 17.2 Å². The van der Waals surface area contributed by atoms with Gasteiger partial charge in [-0.3, -0.25) is 0 Å². The van der Waals surface area contributed by atoms with Crippen molar-refractivity contribution in [1.82, 2.24) is 14.5 Å². The zero-order valence-corrected chi connectivity index (χ0v) is 15.6. The van der Waals surface area contributed by atoms with E-state index >= 15 is 0 Å². The number of aromatic nitrogens is 3. The summed E-state index contributed by atoms with van der Waals surface area (Å²) in [5.41, 5.74) is 3.07. The number of benzene rings is 1. The molecule has 0 aliphatic heterocycles. The number of nitrogens with one attached hydrogen (secondary N) is 2. The van der Waals surface area contributed by atoms with Crippen molar-refractivity contribution < 1.29 is 5.11 Å². The first kappa shape index (κ1) is 18.2. The third kappa shape index (κ3) is 3.96. The molecule has 3 aromatic rings. The van der Waals surface area contributed by atoms with Gasteiger partial charge in [-0.2, -0.15) is 0 Å². The van der Waals surface area contributed by atoms with E-state index in [1.54, 1.807) is 0 Å². The van der Waals surface area contributed by atoms with Gasteiger partial charge in [0.25, 0.3) is 0 Å². The van der Waals surface area contributed by atoms with Crippen molar-refractivity contribution >= 4 is 22.7 Å². The first-order chi connectivity index (χ1) is 12.6. The van der Waals surface area contributed by atoms with E-state index in [2.05, 4.69) is 46.2 Å². The lowest BCUT2D eigenvalue weighted by Crippen LogP contribution is -2.23. The number of fused-ring (bicyclic) bond motifs is 1. The molecule has 1 aromatic carbocycles. The van der Waals surface area contributed by atoms with Gasteiger partial charge in [-0.1, -0.05) is 37.3 Å². The molecule has 26 heavy (non-hydrogen) atoms. The summed E-state index contributed by atoms with van der Waals surface area (Å²) in [7, 11) is 0. The van der Waals surface area contributed by atoms with Crippen LogP contribution in [-0.4, -0.2) is 32.3 Å². The maximum atomic E-state index is 9.50. The molecular weight excluding hydrogens is 326 g/mol. The molecule has 3 rings (SSSR count). The van der Waals surface area contributed by atoms with Gasteiger partial charge in [-0.25, -0.2) is 9.97 Å². The van der Waals surface area contributed by atoms with Gasteiger partial charge >= 0.3 is 0 Å². The van der Waals surface area contributed by atoms with Gasteiger partial charge in [-0.05, 0) is 25.8 Å². The Morgan fingerprint density at radius 1 is 1.19 bits per heavy atom. The Balaban J connectivity index is 1.96. The number of aliphatic hydroxyl groups is 1. The fraction of sp³-hybridized carbons (Fsp3) is 0.400. The fourth-order valence-electron chi connectivity index (χ4n) is 2.91. The van der Waals surface area contributed by atoms with E-state index in [-0.39, 0.29) is 12.6 Å². The summed E-state index contributed by atoms with van der Waals surface area (Å²) in [5, 5.41) is 16.2. The Labute approximate surface area is 154 Å². The van der Waals surface area contributed by atoms with E-state index in [1.807, 2.05) is 37.5 Å². The van der Waals surface area contributed by atoms with Gasteiger partial charge in [0.2, 0.25) is 0 Å². The van der Waals surface area contributed by atoms with E-state index in [4.69, 9.17) is 4.98 Å². The van der Waals surface area contributed by atoms with E-state index in [0.717, 1.165) is 29.1 Å². The Hall–Kier alpha value is -2.60. The van der Waals surface area contributed by atoms with Crippen molar-refractivity contribution in [3.63, 3.8) is 0 Å². The molecule has 138 valence electrons. The maximum absolute atomic E-state index is 9.50. The van der Waals surface area contributed by atoms with E-state index in [0.29, 0.717) is 12.6 Å². The molecule has 0 fully saturated rings. The first-order valence-electron chi connectivity index (χ1n) is 9.15. The smallest absolute Gasteiger partial charge is 0.156 e. The van der Waals surface area contributed by atoms with Crippen LogP contribution in [0.25, 0.3) is 11.0 Å². The highest BCUT2D eigenvalue weighted by Gasteiger charge is 2.15. The molecular formula is C20H27N5O. The number of nitrogens with zero attached hydrogens (tertiary/aromatic N) is 3. The van der Waals surface area contributed by atoms with Gasteiger partial charge in [0.05, 0.1) is 24.5 Å². The average Bonchev–Trinajstić information content (AvgIpc) is 3.09. The van der Waals surface area contributed by atoms with E-state index < -0.39 is 0 Å². The number of anilines is 2. The number of hydrogen-bond acceptors (Lipinski definition) is 5. The van der Waals surface area contributed by atoms with E-state index in [9.17, 15) is 5.11 Å². The van der Waals surface area contributed by atoms with Crippen LogP contribution in [0.1, 0.15) is 38.8 Å². The molecule has 3 N–H and O–H groups in total. The fourth-order valence-corrected chi connectivity index (χ4v) is 2.91. The van der Waals surface area contributed by atoms with E-state index in [1.165, 1.54) is 5.56 Å². The number of aliphatic hydroxyl groups excluding tert-OH is 1. The van der Waals surface area contributed by atoms with Crippen LogP contribution in [0.3, 0.4) is 0 Å². The van der Waals surface area contributed by atoms with Gasteiger partial charge in [0.15, 0.2) is 5.82 Å². The molecule has 0 amide bonds. The predicted octanol–water partition coefficient (Wildman–Crippen LogP) is 3.81.